The first-order valence-electron chi connectivity index (χ1n) is 4.44. The Hall–Kier alpha value is -0.860. The van der Waals surface area contributed by atoms with Crippen molar-refractivity contribution in [1.82, 2.24) is 5.01 Å². The van der Waals surface area contributed by atoms with Crippen molar-refractivity contribution in [1.29, 1.82) is 0 Å². The lowest BCUT2D eigenvalue weighted by Gasteiger charge is -2.16. The fraction of sp³-hybridized carbons (Fsp3) is 0.778. The minimum absolute atomic E-state index is 0.0844. The van der Waals surface area contributed by atoms with Crippen LogP contribution in [0.5, 0.6) is 0 Å². The van der Waals surface area contributed by atoms with Crippen molar-refractivity contribution in [2.75, 3.05) is 14.1 Å². The molecule has 0 radical (unpaired) electrons. The van der Waals surface area contributed by atoms with Crippen LogP contribution in [0.3, 0.4) is 0 Å². The monoisotopic (exact) mass is 168 g/mol. The van der Waals surface area contributed by atoms with Gasteiger partial charge in [-0.25, -0.2) is 0 Å². The maximum Gasteiger partial charge on any atom is 0.141 e. The van der Waals surface area contributed by atoms with Gasteiger partial charge in [0.25, 0.3) is 0 Å². The summed E-state index contributed by atoms with van der Waals surface area (Å²) in [7, 11) is 3.73. The van der Waals surface area contributed by atoms with Gasteiger partial charge in [0.05, 0.1) is 5.92 Å². The predicted molar refractivity (Wildman–Crippen MR) is 49.1 cm³/mol. The number of hydrazone groups is 1. The summed E-state index contributed by atoms with van der Waals surface area (Å²) in [6.07, 6.45) is 5.72. The quantitative estimate of drug-likeness (QED) is 0.460. The number of rotatable bonds is 2. The first-order chi connectivity index (χ1) is 5.70. The molecule has 0 bridgehead atoms. The van der Waals surface area contributed by atoms with Crippen molar-refractivity contribution in [3.63, 3.8) is 0 Å². The van der Waals surface area contributed by atoms with Crippen molar-refractivity contribution < 1.29 is 4.79 Å². The Morgan fingerprint density at radius 1 is 1.50 bits per heavy atom. The highest BCUT2D eigenvalue weighted by Gasteiger charge is 2.19. The molecule has 1 aliphatic carbocycles. The van der Waals surface area contributed by atoms with E-state index in [4.69, 9.17) is 0 Å². The zero-order valence-corrected chi connectivity index (χ0v) is 7.79. The topological polar surface area (TPSA) is 32.7 Å². The summed E-state index contributed by atoms with van der Waals surface area (Å²) >= 11 is 0. The number of hydrogen-bond acceptors (Lipinski definition) is 3. The molecule has 3 heteroatoms. The molecule has 0 saturated heterocycles. The fourth-order valence-electron chi connectivity index (χ4n) is 1.38. The standard InChI is InChI=1S/C9H16N2O/c1-11(2)10-7-8-5-3-4-6-9(8)12/h7-8H,3-6H2,1-2H3/b10-7+. The van der Waals surface area contributed by atoms with E-state index in [9.17, 15) is 4.79 Å². The van der Waals surface area contributed by atoms with E-state index in [2.05, 4.69) is 5.10 Å². The molecule has 1 rings (SSSR count). The second kappa shape index (κ2) is 4.24. The molecule has 0 aromatic rings. The van der Waals surface area contributed by atoms with E-state index in [0.29, 0.717) is 5.78 Å². The number of hydrogen-bond donors (Lipinski definition) is 0. The third-order valence-corrected chi connectivity index (χ3v) is 2.08. The fourth-order valence-corrected chi connectivity index (χ4v) is 1.38. The van der Waals surface area contributed by atoms with Gasteiger partial charge in [-0.1, -0.05) is 6.42 Å². The molecule has 0 amide bonds. The number of ketones is 1. The molecule has 0 N–H and O–H groups in total. The van der Waals surface area contributed by atoms with Crippen molar-refractivity contribution in [3.8, 4) is 0 Å². The largest absolute Gasteiger partial charge is 0.303 e. The van der Waals surface area contributed by atoms with Gasteiger partial charge < -0.3 is 5.01 Å². The van der Waals surface area contributed by atoms with Gasteiger partial charge in [0.2, 0.25) is 0 Å². The predicted octanol–water partition coefficient (Wildman–Crippen LogP) is 1.29. The van der Waals surface area contributed by atoms with E-state index < -0.39 is 0 Å². The van der Waals surface area contributed by atoms with Crippen LogP contribution < -0.4 is 0 Å². The molecule has 1 saturated carbocycles. The van der Waals surface area contributed by atoms with Gasteiger partial charge in [-0.05, 0) is 12.8 Å². The van der Waals surface area contributed by atoms with Crippen LogP contribution >= 0.6 is 0 Å². The summed E-state index contributed by atoms with van der Waals surface area (Å²) in [6.45, 7) is 0. The van der Waals surface area contributed by atoms with Crippen LogP contribution in [0.2, 0.25) is 0 Å². The highest BCUT2D eigenvalue weighted by atomic mass is 16.1. The van der Waals surface area contributed by atoms with Crippen molar-refractivity contribution in [2.24, 2.45) is 11.0 Å². The van der Waals surface area contributed by atoms with Crippen LogP contribution in [0.4, 0.5) is 0 Å². The van der Waals surface area contributed by atoms with E-state index in [1.54, 1.807) is 11.2 Å². The van der Waals surface area contributed by atoms with Crippen LogP contribution in [-0.2, 0) is 4.79 Å². The van der Waals surface area contributed by atoms with E-state index in [1.165, 1.54) is 0 Å². The number of carbonyl (C=O) groups excluding carboxylic acids is 1. The Bertz CT molecular complexity index is 187. The van der Waals surface area contributed by atoms with Crippen LogP contribution in [0.25, 0.3) is 0 Å². The molecule has 1 fully saturated rings. The Labute approximate surface area is 73.4 Å². The highest BCUT2D eigenvalue weighted by molar-refractivity contribution is 5.95. The minimum Gasteiger partial charge on any atom is -0.303 e. The molecule has 1 unspecified atom stereocenters. The number of carbonyl (C=O) groups is 1. The summed E-state index contributed by atoms with van der Waals surface area (Å²) in [6, 6.07) is 0. The van der Waals surface area contributed by atoms with Crippen molar-refractivity contribution in [3.05, 3.63) is 0 Å². The number of nitrogens with zero attached hydrogens (tertiary/aromatic N) is 2. The van der Waals surface area contributed by atoms with E-state index in [1.807, 2.05) is 14.1 Å². The molecule has 0 aliphatic heterocycles. The third kappa shape index (κ3) is 2.64. The zero-order valence-electron chi connectivity index (χ0n) is 7.79. The lowest BCUT2D eigenvalue weighted by molar-refractivity contribution is -0.122. The highest BCUT2D eigenvalue weighted by Crippen LogP contribution is 2.18. The Morgan fingerprint density at radius 2 is 2.25 bits per heavy atom. The lowest BCUT2D eigenvalue weighted by Crippen LogP contribution is -2.21. The van der Waals surface area contributed by atoms with Gasteiger partial charge in [0, 0.05) is 26.7 Å². The molecule has 0 aromatic carbocycles. The average Bonchev–Trinajstić information content (AvgIpc) is 2.03. The molecule has 68 valence electrons. The molecule has 0 heterocycles. The van der Waals surface area contributed by atoms with Gasteiger partial charge >= 0.3 is 0 Å². The first-order valence-corrected chi connectivity index (χ1v) is 4.44. The summed E-state index contributed by atoms with van der Waals surface area (Å²) in [5.41, 5.74) is 0. The van der Waals surface area contributed by atoms with Crippen LogP contribution in [0.15, 0.2) is 5.10 Å². The average molecular weight is 168 g/mol. The normalized spacial score (nSPS) is 24.8. The van der Waals surface area contributed by atoms with Crippen molar-refractivity contribution >= 4 is 12.0 Å². The van der Waals surface area contributed by atoms with Crippen molar-refractivity contribution in [2.45, 2.75) is 25.7 Å². The molecular weight excluding hydrogens is 152 g/mol. The van der Waals surface area contributed by atoms with E-state index >= 15 is 0 Å². The Balaban J connectivity index is 2.44. The SMILES string of the molecule is CN(C)/N=C/C1CCCCC1=O. The summed E-state index contributed by atoms with van der Waals surface area (Å²) in [5.74, 6) is 0.438. The molecule has 0 spiro atoms. The number of Topliss-reactive ketones (excluding diaryl/α,β-unsaturated/α-hetero) is 1. The molecular formula is C9H16N2O. The third-order valence-electron chi connectivity index (χ3n) is 2.08. The maximum absolute atomic E-state index is 11.3. The summed E-state index contributed by atoms with van der Waals surface area (Å²) in [5, 5.41) is 5.81. The smallest absolute Gasteiger partial charge is 0.141 e. The van der Waals surface area contributed by atoms with Crippen LogP contribution in [0, 0.1) is 5.92 Å². The summed E-state index contributed by atoms with van der Waals surface area (Å²) < 4.78 is 0. The minimum atomic E-state index is 0.0844. The first kappa shape index (κ1) is 9.23. The Kier molecular flexibility index (Phi) is 3.26. The Morgan fingerprint density at radius 3 is 2.83 bits per heavy atom. The van der Waals surface area contributed by atoms with E-state index in [-0.39, 0.29) is 5.92 Å². The second-order valence-electron chi connectivity index (χ2n) is 3.43. The van der Waals surface area contributed by atoms with Gasteiger partial charge in [0.1, 0.15) is 5.78 Å². The lowest BCUT2D eigenvalue weighted by atomic mass is 9.89. The molecule has 12 heavy (non-hydrogen) atoms. The van der Waals surface area contributed by atoms with Gasteiger partial charge in [-0.2, -0.15) is 5.10 Å². The maximum atomic E-state index is 11.3. The molecule has 1 atom stereocenters. The molecule has 3 nitrogen and oxygen atoms in total. The van der Waals surface area contributed by atoms with Crippen LogP contribution in [-0.4, -0.2) is 31.1 Å². The molecule has 0 aromatic heterocycles. The second-order valence-corrected chi connectivity index (χ2v) is 3.43. The van der Waals surface area contributed by atoms with Gasteiger partial charge in [0.15, 0.2) is 0 Å². The van der Waals surface area contributed by atoms with Crippen LogP contribution in [0.1, 0.15) is 25.7 Å². The van der Waals surface area contributed by atoms with E-state index in [0.717, 1.165) is 25.7 Å². The van der Waals surface area contributed by atoms with Gasteiger partial charge in [-0.3, -0.25) is 4.79 Å². The zero-order chi connectivity index (χ0) is 8.97. The summed E-state index contributed by atoms with van der Waals surface area (Å²) in [4.78, 5) is 11.3. The van der Waals surface area contributed by atoms with Gasteiger partial charge in [-0.15, -0.1) is 0 Å². The molecule has 1 aliphatic rings.